The minimum atomic E-state index is -0.303. The van der Waals surface area contributed by atoms with E-state index >= 15 is 0 Å². The Hall–Kier alpha value is -0.480. The van der Waals surface area contributed by atoms with Crippen LogP contribution in [0.15, 0.2) is 12.7 Å². The van der Waals surface area contributed by atoms with Gasteiger partial charge in [-0.15, -0.1) is 18.3 Å². The second-order valence-corrected chi connectivity index (χ2v) is 5.49. The molecule has 0 bridgehead atoms. The van der Waals surface area contributed by atoms with E-state index in [0.717, 1.165) is 25.0 Å². The zero-order valence-electron chi connectivity index (χ0n) is 8.89. The van der Waals surface area contributed by atoms with E-state index in [4.69, 9.17) is 5.73 Å². The van der Waals surface area contributed by atoms with Gasteiger partial charge in [-0.2, -0.15) is 0 Å². The molecule has 0 aromatic heterocycles. The van der Waals surface area contributed by atoms with Gasteiger partial charge in [0.15, 0.2) is 0 Å². The summed E-state index contributed by atoms with van der Waals surface area (Å²) >= 11 is 1.87. The highest BCUT2D eigenvalue weighted by molar-refractivity contribution is 7.99. The smallest absolute Gasteiger partial charge is 0.240 e. The number of thioether (sulfide) groups is 1. The molecule has 0 aliphatic carbocycles. The first-order valence-corrected chi connectivity index (χ1v) is 6.61. The summed E-state index contributed by atoms with van der Waals surface area (Å²) in [5.41, 5.74) is 5.86. The van der Waals surface area contributed by atoms with E-state index < -0.39 is 0 Å². The van der Waals surface area contributed by atoms with Gasteiger partial charge >= 0.3 is 0 Å². The lowest BCUT2D eigenvalue weighted by molar-refractivity contribution is -0.135. The molecule has 15 heavy (non-hydrogen) atoms. The highest BCUT2D eigenvalue weighted by Gasteiger charge is 2.37. The van der Waals surface area contributed by atoms with Crippen molar-refractivity contribution in [1.82, 2.24) is 4.90 Å². The topological polar surface area (TPSA) is 46.3 Å². The Morgan fingerprint density at radius 1 is 1.47 bits per heavy atom. The molecule has 84 valence electrons. The van der Waals surface area contributed by atoms with Crippen LogP contribution in [0, 0.1) is 0 Å². The molecule has 2 saturated heterocycles. The third kappa shape index (κ3) is 2.06. The fraction of sp³-hybridized carbons (Fsp3) is 0.727. The first-order chi connectivity index (χ1) is 7.24. The molecule has 0 radical (unpaired) electrons. The van der Waals surface area contributed by atoms with Gasteiger partial charge in [-0.3, -0.25) is 4.79 Å². The molecule has 3 atom stereocenters. The number of amides is 1. The van der Waals surface area contributed by atoms with Crippen LogP contribution in [-0.2, 0) is 4.79 Å². The van der Waals surface area contributed by atoms with E-state index in [1.807, 2.05) is 22.7 Å². The van der Waals surface area contributed by atoms with Crippen molar-refractivity contribution in [2.75, 3.05) is 5.75 Å². The molecule has 1 unspecified atom stereocenters. The number of hydrogen-bond acceptors (Lipinski definition) is 3. The summed E-state index contributed by atoms with van der Waals surface area (Å²) < 4.78 is 0. The van der Waals surface area contributed by atoms with Crippen LogP contribution in [-0.4, -0.2) is 34.0 Å². The van der Waals surface area contributed by atoms with Crippen LogP contribution >= 0.6 is 11.8 Å². The summed E-state index contributed by atoms with van der Waals surface area (Å²) in [5, 5.41) is 0.336. The molecule has 2 fully saturated rings. The number of fused-ring (bicyclic) bond motifs is 1. The minimum Gasteiger partial charge on any atom is -0.323 e. The largest absolute Gasteiger partial charge is 0.323 e. The first-order valence-electron chi connectivity index (χ1n) is 5.56. The number of rotatable bonds is 1. The average Bonchev–Trinajstić information content (AvgIpc) is 2.40. The monoisotopic (exact) mass is 226 g/mol. The Labute approximate surface area is 95.1 Å². The Morgan fingerprint density at radius 3 is 3.00 bits per heavy atom. The SMILES string of the molecule is C=C[C@@H]1CCCC2SCC[C@H](N)C(=O)N21. The third-order valence-electron chi connectivity index (χ3n) is 3.20. The van der Waals surface area contributed by atoms with Crippen molar-refractivity contribution in [3.05, 3.63) is 12.7 Å². The zero-order chi connectivity index (χ0) is 10.8. The van der Waals surface area contributed by atoms with E-state index in [9.17, 15) is 4.79 Å². The number of carbonyl (C=O) groups is 1. The van der Waals surface area contributed by atoms with Crippen LogP contribution in [0.3, 0.4) is 0 Å². The summed E-state index contributed by atoms with van der Waals surface area (Å²) in [4.78, 5) is 14.1. The molecule has 0 aromatic carbocycles. The van der Waals surface area contributed by atoms with Crippen LogP contribution in [0.2, 0.25) is 0 Å². The molecule has 0 aromatic rings. The standard InChI is InChI=1S/C11H18N2OS/c1-2-8-4-3-5-10-13(8)11(14)9(12)6-7-15-10/h2,8-10H,1,3-7,12H2/t8-,9+,10?/m1/s1. The second kappa shape index (κ2) is 4.58. The summed E-state index contributed by atoms with van der Waals surface area (Å²) in [7, 11) is 0. The number of nitrogens with two attached hydrogens (primary N) is 1. The third-order valence-corrected chi connectivity index (χ3v) is 4.52. The van der Waals surface area contributed by atoms with Gasteiger partial charge in [0.25, 0.3) is 0 Å². The number of piperidine rings is 1. The maximum absolute atomic E-state index is 12.1. The molecule has 1 amide bonds. The summed E-state index contributed by atoms with van der Waals surface area (Å²) in [6.45, 7) is 3.82. The molecular formula is C11H18N2OS. The van der Waals surface area contributed by atoms with E-state index in [1.165, 1.54) is 6.42 Å². The fourth-order valence-corrected chi connectivity index (χ4v) is 3.76. The number of nitrogens with zero attached hydrogens (tertiary/aromatic N) is 1. The zero-order valence-corrected chi connectivity index (χ0v) is 9.71. The minimum absolute atomic E-state index is 0.120. The molecule has 2 aliphatic rings. The van der Waals surface area contributed by atoms with Gasteiger partial charge in [-0.05, 0) is 31.4 Å². The first kappa shape index (κ1) is 11.0. The lowest BCUT2D eigenvalue weighted by Gasteiger charge is -2.40. The summed E-state index contributed by atoms with van der Waals surface area (Å²) in [5.74, 6) is 1.12. The molecule has 2 heterocycles. The highest BCUT2D eigenvalue weighted by Crippen LogP contribution is 2.34. The van der Waals surface area contributed by atoms with Crippen LogP contribution in [0.1, 0.15) is 25.7 Å². The van der Waals surface area contributed by atoms with Gasteiger partial charge in [0.1, 0.15) is 0 Å². The van der Waals surface area contributed by atoms with Crippen LogP contribution in [0.25, 0.3) is 0 Å². The Balaban J connectivity index is 2.22. The highest BCUT2D eigenvalue weighted by atomic mass is 32.2. The van der Waals surface area contributed by atoms with Gasteiger partial charge in [0.05, 0.1) is 17.5 Å². The quantitative estimate of drug-likeness (QED) is 0.686. The Kier molecular flexibility index (Phi) is 3.36. The number of carbonyl (C=O) groups excluding carboxylic acids is 1. The maximum atomic E-state index is 12.1. The van der Waals surface area contributed by atoms with Crippen LogP contribution in [0.5, 0.6) is 0 Å². The second-order valence-electron chi connectivity index (χ2n) is 4.20. The lowest BCUT2D eigenvalue weighted by Crippen LogP contribution is -2.52. The summed E-state index contributed by atoms with van der Waals surface area (Å²) in [6.07, 6.45) is 6.03. The average molecular weight is 226 g/mol. The Morgan fingerprint density at radius 2 is 2.27 bits per heavy atom. The van der Waals surface area contributed by atoms with Crippen molar-refractivity contribution in [2.24, 2.45) is 5.73 Å². The van der Waals surface area contributed by atoms with Gasteiger partial charge in [-0.25, -0.2) is 0 Å². The Bertz CT molecular complexity index is 269. The van der Waals surface area contributed by atoms with E-state index in [-0.39, 0.29) is 18.0 Å². The van der Waals surface area contributed by atoms with Crippen molar-refractivity contribution in [3.8, 4) is 0 Å². The van der Waals surface area contributed by atoms with Crippen molar-refractivity contribution < 1.29 is 4.79 Å². The number of hydrogen-bond donors (Lipinski definition) is 1. The van der Waals surface area contributed by atoms with Crippen LogP contribution in [0.4, 0.5) is 0 Å². The molecule has 3 nitrogen and oxygen atoms in total. The van der Waals surface area contributed by atoms with Crippen molar-refractivity contribution in [2.45, 2.75) is 43.1 Å². The molecule has 2 aliphatic heterocycles. The van der Waals surface area contributed by atoms with E-state index in [1.54, 1.807) is 0 Å². The van der Waals surface area contributed by atoms with E-state index in [2.05, 4.69) is 6.58 Å². The van der Waals surface area contributed by atoms with Crippen molar-refractivity contribution in [1.29, 1.82) is 0 Å². The van der Waals surface area contributed by atoms with Gasteiger partial charge < -0.3 is 10.6 Å². The predicted octanol–water partition coefficient (Wildman–Crippen LogP) is 1.34. The van der Waals surface area contributed by atoms with Gasteiger partial charge in [0.2, 0.25) is 5.91 Å². The maximum Gasteiger partial charge on any atom is 0.240 e. The lowest BCUT2D eigenvalue weighted by atomic mass is 10.0. The van der Waals surface area contributed by atoms with Crippen molar-refractivity contribution in [3.63, 3.8) is 0 Å². The van der Waals surface area contributed by atoms with Gasteiger partial charge in [-0.1, -0.05) is 6.08 Å². The molecule has 2 N–H and O–H groups in total. The molecular weight excluding hydrogens is 208 g/mol. The molecule has 0 saturated carbocycles. The fourth-order valence-electron chi connectivity index (χ4n) is 2.34. The predicted molar refractivity (Wildman–Crippen MR) is 63.5 cm³/mol. The molecule has 4 heteroatoms. The van der Waals surface area contributed by atoms with Gasteiger partial charge in [0, 0.05) is 0 Å². The molecule has 2 rings (SSSR count). The molecule has 0 spiro atoms. The normalized spacial score (nSPS) is 37.0. The summed E-state index contributed by atoms with van der Waals surface area (Å²) in [6, 6.07) is -0.101. The van der Waals surface area contributed by atoms with Crippen molar-refractivity contribution >= 4 is 17.7 Å². The van der Waals surface area contributed by atoms with Crippen LogP contribution < -0.4 is 5.73 Å². The van der Waals surface area contributed by atoms with E-state index in [0.29, 0.717) is 5.37 Å².